The average molecular weight is 236 g/mol. The Morgan fingerprint density at radius 3 is 3.18 bits per heavy atom. The topological polar surface area (TPSA) is 60.4 Å². The minimum absolute atomic E-state index is 0.229. The van der Waals surface area contributed by atoms with Crippen LogP contribution in [0.2, 0.25) is 0 Å². The van der Waals surface area contributed by atoms with Crippen LogP contribution in [0.4, 0.5) is 0 Å². The van der Waals surface area contributed by atoms with E-state index in [0.29, 0.717) is 18.6 Å². The van der Waals surface area contributed by atoms with Crippen molar-refractivity contribution >= 4 is 0 Å². The van der Waals surface area contributed by atoms with Crippen LogP contribution >= 0.6 is 0 Å². The van der Waals surface area contributed by atoms with Crippen molar-refractivity contribution in [3.63, 3.8) is 0 Å². The van der Waals surface area contributed by atoms with Crippen LogP contribution in [0, 0.1) is 5.92 Å². The highest BCUT2D eigenvalue weighted by Crippen LogP contribution is 2.25. The maximum Gasteiger partial charge on any atom is 0.285 e. The number of furan rings is 1. The Hall–Kier alpha value is -1.26. The third-order valence-electron chi connectivity index (χ3n) is 3.22. The van der Waals surface area contributed by atoms with E-state index >= 15 is 0 Å². The van der Waals surface area contributed by atoms with E-state index < -0.39 is 0 Å². The van der Waals surface area contributed by atoms with Crippen LogP contribution in [0.3, 0.4) is 0 Å². The van der Waals surface area contributed by atoms with Crippen molar-refractivity contribution in [1.29, 1.82) is 0 Å². The van der Waals surface area contributed by atoms with Crippen LogP contribution < -0.4 is 15.8 Å². The summed E-state index contributed by atoms with van der Waals surface area (Å²) in [6.45, 7) is 5.33. The smallest absolute Gasteiger partial charge is 0.285 e. The van der Waals surface area contributed by atoms with Crippen molar-refractivity contribution in [3.8, 4) is 5.95 Å². The molecule has 17 heavy (non-hydrogen) atoms. The molecule has 4 nitrogen and oxygen atoms in total. The van der Waals surface area contributed by atoms with Gasteiger partial charge in [-0.3, -0.25) is 5.32 Å². The molecule has 3 N–H and O–H groups in total. The number of rotatable bonds is 5. The van der Waals surface area contributed by atoms with Crippen LogP contribution in [-0.2, 0) is 0 Å². The number of hydrogen-bond donors (Lipinski definition) is 2. The monoisotopic (exact) mass is 236 g/mol. The molecule has 0 bridgehead atoms. The fraction of sp³-hybridized carbons (Fsp3) is 0.538. The Balaban J connectivity index is 1.63. The average Bonchev–Trinajstić information content (AvgIpc) is 2.79. The quantitative estimate of drug-likeness (QED) is 0.465. The summed E-state index contributed by atoms with van der Waals surface area (Å²) in [6, 6.07) is 3.82. The molecule has 0 radical (unpaired) electrons. The van der Waals surface area contributed by atoms with Gasteiger partial charge in [0.05, 0.1) is 6.26 Å². The van der Waals surface area contributed by atoms with Crippen molar-refractivity contribution in [2.24, 2.45) is 11.7 Å². The number of nitrogens with one attached hydrogen (secondary N) is 1. The van der Waals surface area contributed by atoms with Gasteiger partial charge in [-0.2, -0.15) is 0 Å². The fourth-order valence-corrected chi connectivity index (χ4v) is 2.17. The maximum atomic E-state index is 6.09. The first kappa shape index (κ1) is 12.2. The zero-order valence-electron chi connectivity index (χ0n) is 10.0. The molecule has 94 valence electrons. The summed E-state index contributed by atoms with van der Waals surface area (Å²) >= 11 is 0. The Kier molecular flexibility index (Phi) is 4.23. The second-order valence-corrected chi connectivity index (χ2v) is 4.59. The van der Waals surface area contributed by atoms with Crippen molar-refractivity contribution in [1.82, 2.24) is 5.32 Å². The van der Waals surface area contributed by atoms with Crippen LogP contribution in [0.5, 0.6) is 5.95 Å². The first-order chi connectivity index (χ1) is 8.25. The first-order valence-corrected chi connectivity index (χ1v) is 6.05. The zero-order chi connectivity index (χ0) is 12.1. The molecule has 0 spiro atoms. The van der Waals surface area contributed by atoms with Crippen molar-refractivity contribution in [3.05, 3.63) is 30.5 Å². The van der Waals surface area contributed by atoms with Gasteiger partial charge < -0.3 is 14.9 Å². The van der Waals surface area contributed by atoms with Crippen LogP contribution in [0.1, 0.15) is 19.3 Å². The highest BCUT2D eigenvalue weighted by molar-refractivity contribution is 5.04. The van der Waals surface area contributed by atoms with E-state index in [1.807, 2.05) is 0 Å². The van der Waals surface area contributed by atoms with E-state index in [1.54, 1.807) is 18.4 Å². The second-order valence-electron chi connectivity index (χ2n) is 4.59. The predicted octanol–water partition coefficient (Wildman–Crippen LogP) is 1.89. The number of hydrogen-bond acceptors (Lipinski definition) is 4. The lowest BCUT2D eigenvalue weighted by Crippen LogP contribution is -2.40. The molecule has 0 saturated heterocycles. The van der Waals surface area contributed by atoms with E-state index in [-0.39, 0.29) is 6.04 Å². The summed E-state index contributed by atoms with van der Waals surface area (Å²) in [6.07, 6.45) is 4.76. The summed E-state index contributed by atoms with van der Waals surface area (Å²) in [5.74, 6) is 1.06. The molecule has 1 aromatic heterocycles. The molecule has 1 saturated carbocycles. The predicted molar refractivity (Wildman–Crippen MR) is 66.7 cm³/mol. The molecule has 0 amide bonds. The van der Waals surface area contributed by atoms with Crippen molar-refractivity contribution in [2.75, 3.05) is 13.3 Å². The van der Waals surface area contributed by atoms with Crippen LogP contribution in [0.25, 0.3) is 0 Å². The first-order valence-electron chi connectivity index (χ1n) is 6.05. The molecular weight excluding hydrogens is 216 g/mol. The maximum absolute atomic E-state index is 6.09. The third-order valence-corrected chi connectivity index (χ3v) is 3.22. The number of nitrogens with two attached hydrogens (primary N) is 1. The van der Waals surface area contributed by atoms with Gasteiger partial charge in [0.2, 0.25) is 0 Å². The van der Waals surface area contributed by atoms with Crippen molar-refractivity contribution in [2.45, 2.75) is 25.3 Å². The molecule has 1 heterocycles. The van der Waals surface area contributed by atoms with Crippen molar-refractivity contribution < 1.29 is 9.15 Å². The largest absolute Gasteiger partial charge is 0.449 e. The molecule has 2 unspecified atom stereocenters. The molecule has 1 aliphatic rings. The minimum Gasteiger partial charge on any atom is -0.449 e. The van der Waals surface area contributed by atoms with Gasteiger partial charge in [-0.25, -0.2) is 0 Å². The summed E-state index contributed by atoms with van der Waals surface area (Å²) in [7, 11) is 0. The summed E-state index contributed by atoms with van der Waals surface area (Å²) in [5.41, 5.74) is 7.36. The lowest BCUT2D eigenvalue weighted by Gasteiger charge is -2.30. The normalized spacial score (nSPS) is 24.9. The molecule has 2 rings (SSSR count). The summed E-state index contributed by atoms with van der Waals surface area (Å²) < 4.78 is 10.4. The Bertz CT molecular complexity index is 348. The molecule has 1 aromatic rings. The summed E-state index contributed by atoms with van der Waals surface area (Å²) in [5, 5.41) is 3.25. The van der Waals surface area contributed by atoms with E-state index in [4.69, 9.17) is 14.9 Å². The third kappa shape index (κ3) is 3.61. The second kappa shape index (κ2) is 5.89. The standard InChI is InChI=1S/C13H20N2O2/c1-10-4-5-11(12(14)7-10)8-15-9-17-13-3-2-6-16-13/h2-3,6,11-12,15H,1,4-5,7-9,14H2. The molecular formula is C13H20N2O2. The minimum atomic E-state index is 0.229. The van der Waals surface area contributed by atoms with Gasteiger partial charge in [0.25, 0.3) is 5.95 Å². The van der Waals surface area contributed by atoms with E-state index in [2.05, 4.69) is 11.9 Å². The van der Waals surface area contributed by atoms with Crippen LogP contribution in [0.15, 0.2) is 35.0 Å². The highest BCUT2D eigenvalue weighted by Gasteiger charge is 2.22. The molecule has 0 aliphatic heterocycles. The van der Waals surface area contributed by atoms with Gasteiger partial charge in [-0.05, 0) is 31.2 Å². The van der Waals surface area contributed by atoms with Crippen LogP contribution in [-0.4, -0.2) is 19.3 Å². The lowest BCUT2D eigenvalue weighted by atomic mass is 9.83. The molecule has 1 aliphatic carbocycles. The van der Waals surface area contributed by atoms with Gasteiger partial charge >= 0.3 is 0 Å². The van der Waals surface area contributed by atoms with E-state index in [0.717, 1.165) is 25.8 Å². The summed E-state index contributed by atoms with van der Waals surface area (Å²) in [4.78, 5) is 0. The fourth-order valence-electron chi connectivity index (χ4n) is 2.17. The zero-order valence-corrected chi connectivity index (χ0v) is 10.0. The lowest BCUT2D eigenvalue weighted by molar-refractivity contribution is 0.207. The highest BCUT2D eigenvalue weighted by atomic mass is 16.6. The SMILES string of the molecule is C=C1CCC(CNCOc2ccco2)C(N)C1. The number of ether oxygens (including phenoxy) is 1. The molecule has 4 heteroatoms. The molecule has 2 atom stereocenters. The van der Waals surface area contributed by atoms with E-state index in [9.17, 15) is 0 Å². The van der Waals surface area contributed by atoms with Gasteiger partial charge in [-0.15, -0.1) is 0 Å². The Morgan fingerprint density at radius 2 is 2.47 bits per heavy atom. The van der Waals surface area contributed by atoms with Gasteiger partial charge in [-0.1, -0.05) is 12.2 Å². The molecule has 0 aromatic carbocycles. The Morgan fingerprint density at radius 1 is 1.59 bits per heavy atom. The molecule has 1 fully saturated rings. The van der Waals surface area contributed by atoms with Gasteiger partial charge in [0.15, 0.2) is 0 Å². The van der Waals surface area contributed by atoms with Gasteiger partial charge in [0, 0.05) is 18.7 Å². The Labute approximate surface area is 102 Å². The van der Waals surface area contributed by atoms with E-state index in [1.165, 1.54) is 5.57 Å². The van der Waals surface area contributed by atoms with Gasteiger partial charge in [0.1, 0.15) is 6.73 Å².